The van der Waals surface area contributed by atoms with Crippen molar-refractivity contribution in [3.8, 4) is 5.75 Å². The number of alkyl halides is 3. The van der Waals surface area contributed by atoms with Crippen LogP contribution in [0, 0.1) is 13.8 Å². The highest BCUT2D eigenvalue weighted by Crippen LogP contribution is 2.26. The van der Waals surface area contributed by atoms with Crippen LogP contribution in [0.3, 0.4) is 0 Å². The van der Waals surface area contributed by atoms with Crippen LogP contribution in [0.15, 0.2) is 42.5 Å². The summed E-state index contributed by atoms with van der Waals surface area (Å²) in [5.41, 5.74) is 2.59. The zero-order chi connectivity index (χ0) is 20.0. The lowest BCUT2D eigenvalue weighted by Crippen LogP contribution is -2.36. The molecule has 0 unspecified atom stereocenters. The molecule has 27 heavy (non-hydrogen) atoms. The Kier molecular flexibility index (Phi) is 6.44. The molecular formula is C19H19F3N2O3. The van der Waals surface area contributed by atoms with Gasteiger partial charge in [0.05, 0.1) is 6.54 Å². The second kappa shape index (κ2) is 8.57. The van der Waals surface area contributed by atoms with E-state index in [0.717, 1.165) is 17.2 Å². The molecule has 2 amide bonds. The van der Waals surface area contributed by atoms with Gasteiger partial charge in [0.25, 0.3) is 5.91 Å². The lowest BCUT2D eigenvalue weighted by molar-refractivity contribution is -0.274. The molecule has 144 valence electrons. The molecule has 0 bridgehead atoms. The van der Waals surface area contributed by atoms with E-state index in [1.165, 1.54) is 18.2 Å². The predicted molar refractivity (Wildman–Crippen MR) is 93.2 cm³/mol. The first-order chi connectivity index (χ1) is 12.7. The van der Waals surface area contributed by atoms with Crippen LogP contribution < -0.4 is 15.4 Å². The van der Waals surface area contributed by atoms with Crippen LogP contribution in [0.1, 0.15) is 27.0 Å². The van der Waals surface area contributed by atoms with Crippen LogP contribution in [0.5, 0.6) is 5.75 Å². The van der Waals surface area contributed by atoms with Crippen molar-refractivity contribution in [3.05, 3.63) is 64.7 Å². The molecule has 2 aromatic rings. The average molecular weight is 380 g/mol. The Labute approximate surface area is 154 Å². The second-order valence-corrected chi connectivity index (χ2v) is 5.91. The van der Waals surface area contributed by atoms with Gasteiger partial charge in [-0.2, -0.15) is 0 Å². The van der Waals surface area contributed by atoms with Gasteiger partial charge in [-0.15, -0.1) is 13.2 Å². The molecule has 0 radical (unpaired) electrons. The van der Waals surface area contributed by atoms with E-state index < -0.39 is 18.2 Å². The molecule has 2 aromatic carbocycles. The van der Waals surface area contributed by atoms with Gasteiger partial charge in [-0.05, 0) is 43.2 Å². The number of carbonyl (C=O) groups excluding carboxylic acids is 2. The SMILES string of the molecule is Cc1ccc(C(=O)NCC(=O)NCc2ccccc2OC(F)(F)F)cc1C. The van der Waals surface area contributed by atoms with Crippen LogP contribution in [0.2, 0.25) is 0 Å². The third kappa shape index (κ3) is 6.32. The zero-order valence-corrected chi connectivity index (χ0v) is 14.8. The number of para-hydroxylation sites is 1. The van der Waals surface area contributed by atoms with Crippen molar-refractivity contribution in [3.63, 3.8) is 0 Å². The zero-order valence-electron chi connectivity index (χ0n) is 14.8. The third-order valence-corrected chi connectivity index (χ3v) is 3.85. The molecule has 0 saturated carbocycles. The molecule has 0 aromatic heterocycles. The Hall–Kier alpha value is -3.03. The van der Waals surface area contributed by atoms with Gasteiger partial charge in [-0.3, -0.25) is 9.59 Å². The Bertz CT molecular complexity index is 835. The van der Waals surface area contributed by atoms with Crippen molar-refractivity contribution in [2.75, 3.05) is 6.54 Å². The van der Waals surface area contributed by atoms with Gasteiger partial charge in [0.15, 0.2) is 0 Å². The van der Waals surface area contributed by atoms with E-state index in [1.54, 1.807) is 12.1 Å². The van der Waals surface area contributed by atoms with Crippen molar-refractivity contribution >= 4 is 11.8 Å². The monoisotopic (exact) mass is 380 g/mol. The maximum atomic E-state index is 12.4. The van der Waals surface area contributed by atoms with Gasteiger partial charge < -0.3 is 15.4 Å². The number of rotatable bonds is 6. The minimum atomic E-state index is -4.82. The third-order valence-electron chi connectivity index (χ3n) is 3.85. The van der Waals surface area contributed by atoms with Crippen LogP contribution >= 0.6 is 0 Å². The smallest absolute Gasteiger partial charge is 0.405 e. The molecule has 0 spiro atoms. The Morgan fingerprint density at radius 2 is 1.70 bits per heavy atom. The molecular weight excluding hydrogens is 361 g/mol. The summed E-state index contributed by atoms with van der Waals surface area (Å²) in [6.07, 6.45) is -4.82. The number of ether oxygens (including phenoxy) is 1. The molecule has 0 aliphatic carbocycles. The second-order valence-electron chi connectivity index (χ2n) is 5.91. The highest BCUT2D eigenvalue weighted by atomic mass is 19.4. The summed E-state index contributed by atoms with van der Waals surface area (Å²) in [7, 11) is 0. The molecule has 2 rings (SSSR count). The van der Waals surface area contributed by atoms with E-state index >= 15 is 0 Å². The van der Waals surface area contributed by atoms with Crippen molar-refractivity contribution in [2.45, 2.75) is 26.8 Å². The van der Waals surface area contributed by atoms with Crippen LogP contribution in [0.4, 0.5) is 13.2 Å². The quantitative estimate of drug-likeness (QED) is 0.809. The summed E-state index contributed by atoms with van der Waals surface area (Å²) in [6.45, 7) is 3.34. The van der Waals surface area contributed by atoms with Crippen molar-refractivity contribution in [2.24, 2.45) is 0 Å². The molecule has 0 aliphatic heterocycles. The number of nitrogens with one attached hydrogen (secondary N) is 2. The summed E-state index contributed by atoms with van der Waals surface area (Å²) >= 11 is 0. The van der Waals surface area contributed by atoms with E-state index in [0.29, 0.717) is 5.56 Å². The van der Waals surface area contributed by atoms with Crippen LogP contribution in [-0.4, -0.2) is 24.7 Å². The summed E-state index contributed by atoms with van der Waals surface area (Å²) in [6, 6.07) is 10.7. The average Bonchev–Trinajstić information content (AvgIpc) is 2.60. The predicted octanol–water partition coefficient (Wildman–Crippen LogP) is 3.25. The number of halogens is 3. The first kappa shape index (κ1) is 20.3. The largest absolute Gasteiger partial charge is 0.573 e. The molecule has 0 saturated heterocycles. The molecule has 5 nitrogen and oxygen atoms in total. The fraction of sp³-hybridized carbons (Fsp3) is 0.263. The number of carbonyl (C=O) groups is 2. The van der Waals surface area contributed by atoms with Gasteiger partial charge >= 0.3 is 6.36 Å². The minimum absolute atomic E-state index is 0.162. The number of benzene rings is 2. The molecule has 2 N–H and O–H groups in total. The highest BCUT2D eigenvalue weighted by molar-refractivity contribution is 5.96. The number of hydrogen-bond donors (Lipinski definition) is 2. The maximum Gasteiger partial charge on any atom is 0.573 e. The number of aryl methyl sites for hydroxylation is 2. The standard InChI is InChI=1S/C19H19F3N2O3/c1-12-7-8-14(9-13(12)2)18(26)24-11-17(25)23-10-15-5-3-4-6-16(15)27-19(20,21)22/h3-9H,10-11H2,1-2H3,(H,23,25)(H,24,26). The minimum Gasteiger partial charge on any atom is -0.405 e. The Morgan fingerprint density at radius 3 is 2.37 bits per heavy atom. The summed E-state index contributed by atoms with van der Waals surface area (Å²) in [5.74, 6) is -1.33. The first-order valence-corrected chi connectivity index (χ1v) is 8.11. The molecule has 0 heterocycles. The highest BCUT2D eigenvalue weighted by Gasteiger charge is 2.31. The van der Waals surface area contributed by atoms with Crippen molar-refractivity contribution in [1.82, 2.24) is 10.6 Å². The van der Waals surface area contributed by atoms with Gasteiger partial charge in [-0.25, -0.2) is 0 Å². The Morgan fingerprint density at radius 1 is 1.00 bits per heavy atom. The normalized spacial score (nSPS) is 11.0. The molecule has 8 heteroatoms. The molecule has 0 fully saturated rings. The van der Waals surface area contributed by atoms with Crippen molar-refractivity contribution < 1.29 is 27.5 Å². The number of amides is 2. The Balaban J connectivity index is 1.88. The lowest BCUT2D eigenvalue weighted by Gasteiger charge is -2.13. The topological polar surface area (TPSA) is 67.4 Å². The number of hydrogen-bond acceptors (Lipinski definition) is 3. The molecule has 0 atom stereocenters. The van der Waals surface area contributed by atoms with E-state index in [2.05, 4.69) is 15.4 Å². The summed E-state index contributed by atoms with van der Waals surface area (Å²) < 4.78 is 41.1. The molecule has 0 aliphatic rings. The fourth-order valence-electron chi connectivity index (χ4n) is 2.28. The summed E-state index contributed by atoms with van der Waals surface area (Å²) in [5, 5.41) is 4.92. The van der Waals surface area contributed by atoms with Crippen molar-refractivity contribution in [1.29, 1.82) is 0 Å². The van der Waals surface area contributed by atoms with Gasteiger partial charge in [0.2, 0.25) is 5.91 Å². The van der Waals surface area contributed by atoms with Crippen LogP contribution in [0.25, 0.3) is 0 Å². The van der Waals surface area contributed by atoms with E-state index in [4.69, 9.17) is 0 Å². The van der Waals surface area contributed by atoms with Gasteiger partial charge in [-0.1, -0.05) is 24.3 Å². The summed E-state index contributed by atoms with van der Waals surface area (Å²) in [4.78, 5) is 23.9. The van der Waals surface area contributed by atoms with E-state index in [1.807, 2.05) is 19.9 Å². The lowest BCUT2D eigenvalue weighted by atomic mass is 10.1. The van der Waals surface area contributed by atoms with E-state index in [-0.39, 0.29) is 24.4 Å². The maximum absolute atomic E-state index is 12.4. The van der Waals surface area contributed by atoms with Crippen LogP contribution in [-0.2, 0) is 11.3 Å². The van der Waals surface area contributed by atoms with Gasteiger partial charge in [0, 0.05) is 17.7 Å². The van der Waals surface area contributed by atoms with E-state index in [9.17, 15) is 22.8 Å². The van der Waals surface area contributed by atoms with Gasteiger partial charge in [0.1, 0.15) is 5.75 Å². The fourth-order valence-corrected chi connectivity index (χ4v) is 2.28. The first-order valence-electron chi connectivity index (χ1n) is 8.11.